The van der Waals surface area contributed by atoms with E-state index in [-0.39, 0.29) is 0 Å². The number of nitrogens with two attached hydrogens (primary N) is 1. The SMILES string of the molecule is CC(C)(C)C1CCC(O)(CN)C1. The molecular formula is C10H21NO. The summed E-state index contributed by atoms with van der Waals surface area (Å²) in [6.45, 7) is 7.12. The van der Waals surface area contributed by atoms with Gasteiger partial charge in [0.05, 0.1) is 5.60 Å². The van der Waals surface area contributed by atoms with Gasteiger partial charge < -0.3 is 10.8 Å². The number of hydrogen-bond acceptors (Lipinski definition) is 2. The van der Waals surface area contributed by atoms with Crippen molar-refractivity contribution in [2.75, 3.05) is 6.54 Å². The summed E-state index contributed by atoms with van der Waals surface area (Å²) in [5, 5.41) is 9.91. The van der Waals surface area contributed by atoms with Crippen molar-refractivity contribution in [3.8, 4) is 0 Å². The number of aliphatic hydroxyl groups is 1. The highest BCUT2D eigenvalue weighted by Gasteiger charge is 2.40. The minimum absolute atomic E-state index is 0.319. The van der Waals surface area contributed by atoms with Crippen LogP contribution in [0.2, 0.25) is 0 Å². The van der Waals surface area contributed by atoms with E-state index in [1.54, 1.807) is 0 Å². The van der Waals surface area contributed by atoms with Crippen molar-refractivity contribution in [1.29, 1.82) is 0 Å². The lowest BCUT2D eigenvalue weighted by Gasteiger charge is -2.28. The third-order valence-electron chi connectivity index (χ3n) is 3.19. The molecule has 2 nitrogen and oxygen atoms in total. The molecule has 0 aromatic rings. The predicted molar refractivity (Wildman–Crippen MR) is 50.8 cm³/mol. The van der Waals surface area contributed by atoms with Gasteiger partial charge in [0.1, 0.15) is 0 Å². The number of rotatable bonds is 1. The van der Waals surface area contributed by atoms with Crippen LogP contribution in [0.3, 0.4) is 0 Å². The highest BCUT2D eigenvalue weighted by Crippen LogP contribution is 2.43. The molecule has 3 N–H and O–H groups in total. The summed E-state index contributed by atoms with van der Waals surface area (Å²) < 4.78 is 0. The molecule has 1 rings (SSSR count). The summed E-state index contributed by atoms with van der Waals surface area (Å²) in [6, 6.07) is 0. The van der Waals surface area contributed by atoms with Crippen LogP contribution in [0.4, 0.5) is 0 Å². The van der Waals surface area contributed by atoms with Crippen LogP contribution in [-0.4, -0.2) is 17.3 Å². The van der Waals surface area contributed by atoms with Gasteiger partial charge in [-0.1, -0.05) is 20.8 Å². The number of hydrogen-bond donors (Lipinski definition) is 2. The van der Waals surface area contributed by atoms with Gasteiger partial charge in [0.15, 0.2) is 0 Å². The fourth-order valence-electron chi connectivity index (χ4n) is 2.03. The molecule has 1 saturated carbocycles. The molecular weight excluding hydrogens is 150 g/mol. The van der Waals surface area contributed by atoms with Gasteiger partial charge in [0.2, 0.25) is 0 Å². The molecule has 0 aromatic heterocycles. The molecule has 2 unspecified atom stereocenters. The Morgan fingerprint density at radius 2 is 2.08 bits per heavy atom. The summed E-state index contributed by atoms with van der Waals surface area (Å²) in [7, 11) is 0. The fourth-order valence-corrected chi connectivity index (χ4v) is 2.03. The fraction of sp³-hybridized carbons (Fsp3) is 1.00. The first-order valence-electron chi connectivity index (χ1n) is 4.80. The molecule has 2 atom stereocenters. The van der Waals surface area contributed by atoms with Crippen molar-refractivity contribution >= 4 is 0 Å². The first-order chi connectivity index (χ1) is 5.37. The second kappa shape index (κ2) is 3.00. The van der Waals surface area contributed by atoms with Crippen LogP contribution in [0.15, 0.2) is 0 Å². The van der Waals surface area contributed by atoms with Crippen LogP contribution in [0, 0.1) is 11.3 Å². The van der Waals surface area contributed by atoms with Crippen LogP contribution in [0.5, 0.6) is 0 Å². The second-order valence-corrected chi connectivity index (χ2v) is 5.23. The van der Waals surface area contributed by atoms with E-state index in [0.717, 1.165) is 19.3 Å². The Kier molecular flexibility index (Phi) is 2.50. The molecule has 0 aliphatic heterocycles. The van der Waals surface area contributed by atoms with Gasteiger partial charge in [0, 0.05) is 6.54 Å². The van der Waals surface area contributed by atoms with Gasteiger partial charge in [-0.25, -0.2) is 0 Å². The van der Waals surface area contributed by atoms with Crippen LogP contribution >= 0.6 is 0 Å². The van der Waals surface area contributed by atoms with E-state index < -0.39 is 5.60 Å². The molecule has 0 saturated heterocycles. The molecule has 1 aliphatic rings. The largest absolute Gasteiger partial charge is 0.389 e. The second-order valence-electron chi connectivity index (χ2n) is 5.23. The maximum atomic E-state index is 9.91. The normalized spacial score (nSPS) is 37.2. The lowest BCUT2D eigenvalue weighted by molar-refractivity contribution is 0.0450. The lowest BCUT2D eigenvalue weighted by Crippen LogP contribution is -2.35. The van der Waals surface area contributed by atoms with Crippen molar-refractivity contribution in [1.82, 2.24) is 0 Å². The molecule has 0 aromatic carbocycles. The van der Waals surface area contributed by atoms with E-state index in [4.69, 9.17) is 5.73 Å². The average Bonchev–Trinajstić information content (AvgIpc) is 2.32. The van der Waals surface area contributed by atoms with Crippen LogP contribution < -0.4 is 5.73 Å². The maximum Gasteiger partial charge on any atom is 0.0772 e. The van der Waals surface area contributed by atoms with Gasteiger partial charge in [-0.05, 0) is 30.6 Å². The molecule has 0 spiro atoms. The Hall–Kier alpha value is -0.0800. The third-order valence-corrected chi connectivity index (χ3v) is 3.19. The summed E-state index contributed by atoms with van der Waals surface area (Å²) in [6.07, 6.45) is 2.88. The standard InChI is InChI=1S/C10H21NO/c1-9(2,3)8-4-5-10(12,6-8)7-11/h8,12H,4-7,11H2,1-3H3. The minimum Gasteiger partial charge on any atom is -0.389 e. The topological polar surface area (TPSA) is 46.2 Å². The van der Waals surface area contributed by atoms with E-state index in [9.17, 15) is 5.11 Å². The van der Waals surface area contributed by atoms with Gasteiger partial charge in [0.25, 0.3) is 0 Å². The highest BCUT2D eigenvalue weighted by atomic mass is 16.3. The summed E-state index contributed by atoms with van der Waals surface area (Å²) in [5.74, 6) is 0.631. The molecule has 0 amide bonds. The summed E-state index contributed by atoms with van der Waals surface area (Å²) in [5.41, 5.74) is 5.29. The van der Waals surface area contributed by atoms with Crippen LogP contribution in [0.25, 0.3) is 0 Å². The van der Waals surface area contributed by atoms with Crippen LogP contribution in [0.1, 0.15) is 40.0 Å². The highest BCUT2D eigenvalue weighted by molar-refractivity contribution is 4.93. The van der Waals surface area contributed by atoms with Crippen molar-refractivity contribution in [2.24, 2.45) is 17.1 Å². The smallest absolute Gasteiger partial charge is 0.0772 e. The molecule has 0 heterocycles. The zero-order valence-corrected chi connectivity index (χ0v) is 8.43. The summed E-state index contributed by atoms with van der Waals surface area (Å²) >= 11 is 0. The quantitative estimate of drug-likeness (QED) is 0.628. The molecule has 1 fully saturated rings. The first kappa shape index (κ1) is 10.0. The van der Waals surface area contributed by atoms with Crippen molar-refractivity contribution in [2.45, 2.75) is 45.6 Å². The van der Waals surface area contributed by atoms with Crippen LogP contribution in [-0.2, 0) is 0 Å². The zero-order valence-electron chi connectivity index (χ0n) is 8.43. The maximum absolute atomic E-state index is 9.91. The molecule has 12 heavy (non-hydrogen) atoms. The van der Waals surface area contributed by atoms with Gasteiger partial charge in [-0.3, -0.25) is 0 Å². The van der Waals surface area contributed by atoms with Gasteiger partial charge in [-0.2, -0.15) is 0 Å². The van der Waals surface area contributed by atoms with Crippen molar-refractivity contribution in [3.63, 3.8) is 0 Å². The lowest BCUT2D eigenvalue weighted by atomic mass is 9.79. The summed E-state index contributed by atoms with van der Waals surface area (Å²) in [4.78, 5) is 0. The van der Waals surface area contributed by atoms with E-state index in [1.165, 1.54) is 0 Å². The van der Waals surface area contributed by atoms with Gasteiger partial charge >= 0.3 is 0 Å². The molecule has 1 aliphatic carbocycles. The molecule has 0 bridgehead atoms. The van der Waals surface area contributed by atoms with Crippen molar-refractivity contribution < 1.29 is 5.11 Å². The van der Waals surface area contributed by atoms with E-state index in [0.29, 0.717) is 17.9 Å². The van der Waals surface area contributed by atoms with E-state index in [2.05, 4.69) is 20.8 Å². The minimum atomic E-state index is -0.558. The Balaban J connectivity index is 2.57. The first-order valence-corrected chi connectivity index (χ1v) is 4.80. The Morgan fingerprint density at radius 1 is 1.50 bits per heavy atom. The molecule has 72 valence electrons. The Bertz CT molecular complexity index is 162. The van der Waals surface area contributed by atoms with E-state index >= 15 is 0 Å². The zero-order chi connectivity index (χ0) is 9.41. The van der Waals surface area contributed by atoms with Crippen molar-refractivity contribution in [3.05, 3.63) is 0 Å². The monoisotopic (exact) mass is 171 g/mol. The predicted octanol–water partition coefficient (Wildman–Crippen LogP) is 1.52. The molecule has 0 radical (unpaired) electrons. The molecule has 2 heteroatoms. The van der Waals surface area contributed by atoms with Gasteiger partial charge in [-0.15, -0.1) is 0 Å². The Morgan fingerprint density at radius 3 is 2.33 bits per heavy atom. The van der Waals surface area contributed by atoms with E-state index in [1.807, 2.05) is 0 Å². The third kappa shape index (κ3) is 1.99. The average molecular weight is 171 g/mol. The Labute approximate surface area is 75.2 Å².